The number of pyridine rings is 1. The van der Waals surface area contributed by atoms with Gasteiger partial charge < -0.3 is 5.32 Å². The third kappa shape index (κ3) is 3.10. The van der Waals surface area contributed by atoms with E-state index in [0.29, 0.717) is 22.9 Å². The Bertz CT molecular complexity index is 708. The first-order valence-corrected chi connectivity index (χ1v) is 7.00. The van der Waals surface area contributed by atoms with Gasteiger partial charge in [-0.2, -0.15) is 5.10 Å². The van der Waals surface area contributed by atoms with Crippen LogP contribution in [0.5, 0.6) is 0 Å². The molecule has 7 nitrogen and oxygen atoms in total. The number of thiocarbonyl (C=S) groups is 1. The van der Waals surface area contributed by atoms with Gasteiger partial charge in [0.2, 0.25) is 0 Å². The number of hydrogen-bond acceptors (Lipinski definition) is 4. The molecule has 0 unspecified atom stereocenters. The minimum absolute atomic E-state index is 0.276. The molecule has 2 aromatic heterocycles. The molecule has 0 radical (unpaired) electrons. The van der Waals surface area contributed by atoms with Crippen LogP contribution >= 0.6 is 12.2 Å². The predicted octanol–water partition coefficient (Wildman–Crippen LogP) is 0.714. The lowest BCUT2D eigenvalue weighted by Crippen LogP contribution is -2.46. The van der Waals surface area contributed by atoms with Crippen molar-refractivity contribution in [3.05, 3.63) is 23.0 Å². The summed E-state index contributed by atoms with van der Waals surface area (Å²) in [6.07, 6.45) is 0. The molecular formula is C13H18N6OS. The van der Waals surface area contributed by atoms with Crippen LogP contribution < -0.4 is 16.2 Å². The molecule has 0 saturated heterocycles. The van der Waals surface area contributed by atoms with Crippen LogP contribution in [0.25, 0.3) is 11.0 Å². The van der Waals surface area contributed by atoms with Gasteiger partial charge in [-0.15, -0.1) is 0 Å². The highest BCUT2D eigenvalue weighted by Crippen LogP contribution is 2.21. The average Bonchev–Trinajstić information content (AvgIpc) is 2.70. The maximum Gasteiger partial charge on any atom is 0.270 e. The Kier molecular flexibility index (Phi) is 4.37. The zero-order valence-corrected chi connectivity index (χ0v) is 13.3. The van der Waals surface area contributed by atoms with Gasteiger partial charge in [0.25, 0.3) is 5.91 Å². The molecule has 0 saturated carbocycles. The molecule has 3 N–H and O–H groups in total. The number of hydrazine groups is 1. The van der Waals surface area contributed by atoms with Crippen molar-refractivity contribution in [2.45, 2.75) is 20.8 Å². The van der Waals surface area contributed by atoms with E-state index in [2.05, 4.69) is 26.3 Å². The fraction of sp³-hybridized carbons (Fsp3) is 0.385. The fourth-order valence-corrected chi connectivity index (χ4v) is 2.33. The number of nitrogens with zero attached hydrogens (tertiary/aromatic N) is 3. The molecule has 0 spiro atoms. The fourth-order valence-electron chi connectivity index (χ4n) is 2.13. The van der Waals surface area contributed by atoms with E-state index in [1.807, 2.05) is 27.8 Å². The molecule has 112 valence electrons. The normalized spacial score (nSPS) is 10.5. The van der Waals surface area contributed by atoms with Crippen LogP contribution in [0, 0.1) is 13.8 Å². The molecule has 0 atom stereocenters. The zero-order valence-electron chi connectivity index (χ0n) is 12.4. The number of aryl methyl sites for hydroxylation is 3. The van der Waals surface area contributed by atoms with Crippen molar-refractivity contribution in [3.8, 4) is 0 Å². The van der Waals surface area contributed by atoms with Crippen LogP contribution in [0.4, 0.5) is 0 Å². The predicted molar refractivity (Wildman–Crippen MR) is 84.9 cm³/mol. The molecule has 8 heteroatoms. The number of carbonyl (C=O) groups is 1. The molecule has 0 aromatic carbocycles. The van der Waals surface area contributed by atoms with Crippen molar-refractivity contribution in [2.24, 2.45) is 7.05 Å². The summed E-state index contributed by atoms with van der Waals surface area (Å²) in [5.41, 5.74) is 7.98. The van der Waals surface area contributed by atoms with Crippen LogP contribution in [-0.2, 0) is 7.05 Å². The second kappa shape index (κ2) is 6.04. The first-order chi connectivity index (χ1) is 9.93. The molecule has 0 aliphatic carbocycles. The highest BCUT2D eigenvalue weighted by Gasteiger charge is 2.17. The smallest absolute Gasteiger partial charge is 0.270 e. The second-order valence-electron chi connectivity index (χ2n) is 4.66. The number of amides is 1. The van der Waals surface area contributed by atoms with E-state index in [-0.39, 0.29) is 5.91 Å². The Morgan fingerprint density at radius 2 is 2.10 bits per heavy atom. The summed E-state index contributed by atoms with van der Waals surface area (Å²) in [6, 6.07) is 1.74. The van der Waals surface area contributed by atoms with E-state index in [1.54, 1.807) is 10.7 Å². The third-order valence-electron chi connectivity index (χ3n) is 2.97. The van der Waals surface area contributed by atoms with Gasteiger partial charge in [-0.25, -0.2) is 4.98 Å². The molecule has 2 rings (SSSR count). The molecule has 2 aromatic rings. The van der Waals surface area contributed by atoms with Crippen molar-refractivity contribution >= 4 is 34.3 Å². The molecule has 0 aliphatic heterocycles. The first-order valence-electron chi connectivity index (χ1n) is 6.59. The molecule has 1 amide bonds. The summed E-state index contributed by atoms with van der Waals surface area (Å²) >= 11 is 5.01. The van der Waals surface area contributed by atoms with E-state index in [0.717, 1.165) is 16.8 Å². The lowest BCUT2D eigenvalue weighted by atomic mass is 10.1. The van der Waals surface area contributed by atoms with E-state index < -0.39 is 0 Å². The summed E-state index contributed by atoms with van der Waals surface area (Å²) in [6.45, 7) is 6.30. The maximum atomic E-state index is 12.4. The molecule has 0 aliphatic rings. The highest BCUT2D eigenvalue weighted by atomic mass is 32.1. The number of hydrogen-bond donors (Lipinski definition) is 3. The third-order valence-corrected chi connectivity index (χ3v) is 3.21. The lowest BCUT2D eigenvalue weighted by molar-refractivity contribution is 0.0945. The largest absolute Gasteiger partial charge is 0.362 e. The Morgan fingerprint density at radius 3 is 2.76 bits per heavy atom. The highest BCUT2D eigenvalue weighted by molar-refractivity contribution is 7.80. The van der Waals surface area contributed by atoms with Gasteiger partial charge in [0.05, 0.1) is 16.6 Å². The minimum Gasteiger partial charge on any atom is -0.362 e. The zero-order chi connectivity index (χ0) is 15.6. The SMILES string of the molecule is CCNC(=S)NNC(=O)c1cc(C)nc2c1c(C)nn2C. The Morgan fingerprint density at radius 1 is 1.38 bits per heavy atom. The monoisotopic (exact) mass is 306 g/mol. The van der Waals surface area contributed by atoms with Crippen LogP contribution in [0.2, 0.25) is 0 Å². The Balaban J connectivity index is 2.33. The number of rotatable bonds is 2. The summed E-state index contributed by atoms with van der Waals surface area (Å²) in [7, 11) is 1.81. The molecule has 2 heterocycles. The van der Waals surface area contributed by atoms with Gasteiger partial charge in [-0.3, -0.25) is 20.3 Å². The Labute approximate surface area is 128 Å². The van der Waals surface area contributed by atoms with E-state index in [1.165, 1.54) is 0 Å². The van der Waals surface area contributed by atoms with Gasteiger partial charge in [-0.05, 0) is 39.1 Å². The number of nitrogens with one attached hydrogen (secondary N) is 3. The summed E-state index contributed by atoms with van der Waals surface area (Å²) in [5.74, 6) is -0.276. The van der Waals surface area contributed by atoms with Crippen molar-refractivity contribution in [3.63, 3.8) is 0 Å². The van der Waals surface area contributed by atoms with Crippen LogP contribution in [0.15, 0.2) is 6.07 Å². The van der Waals surface area contributed by atoms with Crippen LogP contribution in [0.1, 0.15) is 28.7 Å². The number of aromatic nitrogens is 3. The van der Waals surface area contributed by atoms with Crippen molar-refractivity contribution in [2.75, 3.05) is 6.54 Å². The van der Waals surface area contributed by atoms with Gasteiger partial charge in [0.15, 0.2) is 10.8 Å². The van der Waals surface area contributed by atoms with Crippen molar-refractivity contribution in [1.29, 1.82) is 0 Å². The summed E-state index contributed by atoms with van der Waals surface area (Å²) in [4.78, 5) is 16.8. The lowest BCUT2D eigenvalue weighted by Gasteiger charge is -2.11. The molecule has 0 fully saturated rings. The summed E-state index contributed by atoms with van der Waals surface area (Å²) < 4.78 is 1.67. The standard InChI is InChI=1S/C13H18N6OS/c1-5-14-13(21)17-16-12(20)9-6-7(2)15-11-10(9)8(3)18-19(11)4/h6H,5H2,1-4H3,(H,16,20)(H2,14,17,21). The van der Waals surface area contributed by atoms with Gasteiger partial charge in [0.1, 0.15) is 0 Å². The molecule has 21 heavy (non-hydrogen) atoms. The van der Waals surface area contributed by atoms with E-state index in [9.17, 15) is 4.79 Å². The van der Waals surface area contributed by atoms with E-state index >= 15 is 0 Å². The average molecular weight is 306 g/mol. The number of carbonyl (C=O) groups excluding carboxylic acids is 1. The molecular weight excluding hydrogens is 288 g/mol. The Hall–Kier alpha value is -2.22. The van der Waals surface area contributed by atoms with E-state index in [4.69, 9.17) is 12.2 Å². The second-order valence-corrected chi connectivity index (χ2v) is 5.07. The van der Waals surface area contributed by atoms with Gasteiger partial charge in [-0.1, -0.05) is 0 Å². The van der Waals surface area contributed by atoms with Gasteiger partial charge in [0, 0.05) is 19.3 Å². The first kappa shape index (κ1) is 15.2. The number of fused-ring (bicyclic) bond motifs is 1. The minimum atomic E-state index is -0.276. The maximum absolute atomic E-state index is 12.4. The van der Waals surface area contributed by atoms with Gasteiger partial charge >= 0.3 is 0 Å². The summed E-state index contributed by atoms with van der Waals surface area (Å²) in [5, 5.41) is 8.33. The van der Waals surface area contributed by atoms with Crippen LogP contribution in [0.3, 0.4) is 0 Å². The quantitative estimate of drug-likeness (QED) is 0.560. The van der Waals surface area contributed by atoms with Crippen LogP contribution in [-0.4, -0.2) is 32.3 Å². The molecule has 0 bridgehead atoms. The topological polar surface area (TPSA) is 83.9 Å². The van der Waals surface area contributed by atoms with Crippen molar-refractivity contribution < 1.29 is 4.79 Å². The van der Waals surface area contributed by atoms with Crippen molar-refractivity contribution in [1.82, 2.24) is 30.9 Å².